The second-order valence-corrected chi connectivity index (χ2v) is 22.0. The van der Waals surface area contributed by atoms with Crippen LogP contribution in [0.3, 0.4) is 0 Å². The van der Waals surface area contributed by atoms with Crippen molar-refractivity contribution in [3.05, 3.63) is 134 Å². The third-order valence-corrected chi connectivity index (χ3v) is 14.1. The summed E-state index contributed by atoms with van der Waals surface area (Å²) in [6.45, 7) is 6.39. The number of carbonyl (C=O) groups excluding carboxylic acids is 3. The van der Waals surface area contributed by atoms with Gasteiger partial charge in [0.05, 0.1) is 0 Å². The van der Waals surface area contributed by atoms with E-state index in [1.807, 2.05) is 0 Å². The number of ether oxygens (including phenoxy) is 3. The molecule has 0 aliphatic carbocycles. The highest BCUT2D eigenvalue weighted by molar-refractivity contribution is 5.71. The van der Waals surface area contributed by atoms with Gasteiger partial charge in [0.1, 0.15) is 13.2 Å². The van der Waals surface area contributed by atoms with Crippen LogP contribution >= 0.6 is 0 Å². The summed E-state index contributed by atoms with van der Waals surface area (Å²) < 4.78 is 16.9. The van der Waals surface area contributed by atoms with Crippen molar-refractivity contribution < 1.29 is 28.6 Å². The highest BCUT2D eigenvalue weighted by atomic mass is 16.6. The number of esters is 3. The van der Waals surface area contributed by atoms with Gasteiger partial charge < -0.3 is 14.2 Å². The highest BCUT2D eigenvalue weighted by Gasteiger charge is 2.19. The Morgan fingerprint density at radius 3 is 0.778 bits per heavy atom. The Morgan fingerprint density at radius 1 is 0.259 bits per heavy atom. The van der Waals surface area contributed by atoms with Crippen molar-refractivity contribution in [1.29, 1.82) is 0 Å². The fourth-order valence-electron chi connectivity index (χ4n) is 9.14. The molecule has 460 valence electrons. The first-order valence-electron chi connectivity index (χ1n) is 33.7. The Bertz CT molecular complexity index is 1720. The normalized spacial score (nSPS) is 13.0. The Labute approximate surface area is 500 Å². The minimum Gasteiger partial charge on any atom is -0.462 e. The van der Waals surface area contributed by atoms with E-state index in [0.717, 1.165) is 148 Å². The standard InChI is InChI=1S/C75H124O6/c1-4-7-10-13-16-19-22-25-27-29-31-33-35-36-37-38-40-41-43-45-47-50-53-56-59-62-65-68-74(77)80-71-72(70-79-73(76)67-64-61-58-55-52-49-24-21-18-15-12-9-6-3)81-75(78)69-66-63-60-57-54-51-48-46-44-42-39-34-32-30-28-26-23-20-17-14-11-8-5-2/h7,9-10,12,16,18-19,21,25,27,30-33,36-37,40-41,45,47,49,52,72H,4-6,8,11,13-15,17,20,22-24,26,28-29,34-35,38-39,42-44,46,48,50-51,53-71H2,1-3H3/b10-7-,12-9-,19-16-,21-18-,27-25-,32-30-,33-31-,37-36-,41-40-,47-45-,52-49-. The van der Waals surface area contributed by atoms with Crippen LogP contribution in [0.1, 0.15) is 303 Å². The number of unbranched alkanes of at least 4 members (excludes halogenated alkanes) is 27. The molecular formula is C75H124O6. The van der Waals surface area contributed by atoms with Crippen LogP contribution in [0.2, 0.25) is 0 Å². The minimum atomic E-state index is -0.805. The summed E-state index contributed by atoms with van der Waals surface area (Å²) in [5.74, 6) is -0.944. The molecule has 0 saturated carbocycles. The smallest absolute Gasteiger partial charge is 0.306 e. The van der Waals surface area contributed by atoms with E-state index >= 15 is 0 Å². The molecule has 0 aromatic rings. The fraction of sp³-hybridized carbons (Fsp3) is 0.667. The van der Waals surface area contributed by atoms with E-state index in [9.17, 15) is 14.4 Å². The van der Waals surface area contributed by atoms with E-state index in [2.05, 4.69) is 154 Å². The van der Waals surface area contributed by atoms with Crippen molar-refractivity contribution in [1.82, 2.24) is 0 Å². The number of rotatable bonds is 60. The molecule has 0 spiro atoms. The van der Waals surface area contributed by atoms with Gasteiger partial charge >= 0.3 is 17.9 Å². The lowest BCUT2D eigenvalue weighted by atomic mass is 10.0. The van der Waals surface area contributed by atoms with Crippen molar-refractivity contribution in [2.75, 3.05) is 13.2 Å². The zero-order chi connectivity index (χ0) is 58.5. The maximum absolute atomic E-state index is 12.9. The van der Waals surface area contributed by atoms with Gasteiger partial charge in [-0.25, -0.2) is 0 Å². The molecule has 0 bridgehead atoms. The van der Waals surface area contributed by atoms with Crippen molar-refractivity contribution in [2.45, 2.75) is 309 Å². The molecule has 0 aromatic heterocycles. The van der Waals surface area contributed by atoms with Crippen LogP contribution in [0.15, 0.2) is 134 Å². The third-order valence-electron chi connectivity index (χ3n) is 14.1. The number of hydrogen-bond acceptors (Lipinski definition) is 6. The van der Waals surface area contributed by atoms with E-state index in [1.165, 1.54) is 116 Å². The van der Waals surface area contributed by atoms with E-state index < -0.39 is 6.10 Å². The summed E-state index contributed by atoms with van der Waals surface area (Å²) in [7, 11) is 0. The van der Waals surface area contributed by atoms with Crippen LogP contribution in [-0.2, 0) is 28.6 Å². The predicted molar refractivity (Wildman–Crippen MR) is 353 cm³/mol. The van der Waals surface area contributed by atoms with E-state index in [0.29, 0.717) is 19.3 Å². The SMILES string of the molecule is CC/C=C\C/C=C\C/C=C\C/C=C\C/C=C\C/C=C\C/C=C\CCCCCCCC(=O)OCC(COC(=O)CCCCC/C=C\C/C=C\C/C=C\CC)OC(=O)CCCCCCCCCCCCC/C=C\CCCCCCCCCC. The molecule has 6 nitrogen and oxygen atoms in total. The van der Waals surface area contributed by atoms with Gasteiger partial charge in [0.15, 0.2) is 6.10 Å². The molecule has 0 saturated heterocycles. The Balaban J connectivity index is 4.38. The van der Waals surface area contributed by atoms with Crippen LogP contribution in [0, 0.1) is 0 Å². The first-order chi connectivity index (χ1) is 40.0. The number of hydrogen-bond donors (Lipinski definition) is 0. The molecule has 0 N–H and O–H groups in total. The van der Waals surface area contributed by atoms with Crippen molar-refractivity contribution in [2.24, 2.45) is 0 Å². The second-order valence-electron chi connectivity index (χ2n) is 22.0. The highest BCUT2D eigenvalue weighted by Crippen LogP contribution is 2.16. The second kappa shape index (κ2) is 68.1. The molecule has 6 heteroatoms. The summed E-state index contributed by atoms with van der Waals surface area (Å²) in [5.41, 5.74) is 0. The van der Waals surface area contributed by atoms with E-state index in [4.69, 9.17) is 14.2 Å². The lowest BCUT2D eigenvalue weighted by Crippen LogP contribution is -2.30. The van der Waals surface area contributed by atoms with Crippen LogP contribution in [0.4, 0.5) is 0 Å². The van der Waals surface area contributed by atoms with Crippen molar-refractivity contribution in [3.63, 3.8) is 0 Å². The number of carbonyl (C=O) groups is 3. The molecule has 1 atom stereocenters. The maximum Gasteiger partial charge on any atom is 0.306 e. The molecule has 0 heterocycles. The van der Waals surface area contributed by atoms with Crippen LogP contribution in [-0.4, -0.2) is 37.2 Å². The third kappa shape index (κ3) is 66.2. The van der Waals surface area contributed by atoms with Gasteiger partial charge in [-0.05, 0) is 135 Å². The zero-order valence-corrected chi connectivity index (χ0v) is 52.8. The van der Waals surface area contributed by atoms with Crippen LogP contribution in [0.25, 0.3) is 0 Å². The lowest BCUT2D eigenvalue weighted by Gasteiger charge is -2.18. The van der Waals surface area contributed by atoms with Gasteiger partial charge in [-0.2, -0.15) is 0 Å². The largest absolute Gasteiger partial charge is 0.462 e. The van der Waals surface area contributed by atoms with E-state index in [-0.39, 0.29) is 31.1 Å². The Morgan fingerprint density at radius 2 is 0.481 bits per heavy atom. The van der Waals surface area contributed by atoms with Gasteiger partial charge in [-0.3, -0.25) is 14.4 Å². The van der Waals surface area contributed by atoms with Crippen molar-refractivity contribution >= 4 is 17.9 Å². The quantitative estimate of drug-likeness (QED) is 0.0261. The molecule has 1 unspecified atom stereocenters. The number of allylic oxidation sites excluding steroid dienone is 22. The molecule has 0 rings (SSSR count). The van der Waals surface area contributed by atoms with Gasteiger partial charge in [0.2, 0.25) is 0 Å². The summed E-state index contributed by atoms with van der Waals surface area (Å²) >= 11 is 0. The Kier molecular flexibility index (Phi) is 64.3. The first-order valence-corrected chi connectivity index (χ1v) is 33.7. The zero-order valence-electron chi connectivity index (χ0n) is 52.8. The topological polar surface area (TPSA) is 78.9 Å². The molecule has 0 fully saturated rings. The maximum atomic E-state index is 12.9. The van der Waals surface area contributed by atoms with Gasteiger partial charge in [-0.15, -0.1) is 0 Å². The summed E-state index contributed by atoms with van der Waals surface area (Å²) in [5, 5.41) is 0. The molecule has 0 amide bonds. The van der Waals surface area contributed by atoms with E-state index in [1.54, 1.807) is 0 Å². The summed E-state index contributed by atoms with van der Waals surface area (Å²) in [6.07, 6.45) is 96.1. The minimum absolute atomic E-state index is 0.101. The van der Waals surface area contributed by atoms with Gasteiger partial charge in [-0.1, -0.05) is 283 Å². The fourth-order valence-corrected chi connectivity index (χ4v) is 9.14. The van der Waals surface area contributed by atoms with Crippen LogP contribution in [0.5, 0.6) is 0 Å². The average Bonchev–Trinajstić information content (AvgIpc) is 3.46. The molecule has 81 heavy (non-hydrogen) atoms. The first kappa shape index (κ1) is 76.5. The Hall–Kier alpha value is -4.45. The lowest BCUT2D eigenvalue weighted by molar-refractivity contribution is -0.167. The monoisotopic (exact) mass is 1120 g/mol. The molecule has 0 aromatic carbocycles. The molecule has 0 aliphatic rings. The average molecular weight is 1120 g/mol. The van der Waals surface area contributed by atoms with Gasteiger partial charge in [0, 0.05) is 19.3 Å². The van der Waals surface area contributed by atoms with Crippen molar-refractivity contribution in [3.8, 4) is 0 Å². The summed E-state index contributed by atoms with van der Waals surface area (Å²) in [6, 6.07) is 0. The van der Waals surface area contributed by atoms with Gasteiger partial charge in [0.25, 0.3) is 0 Å². The van der Waals surface area contributed by atoms with Crippen LogP contribution < -0.4 is 0 Å². The molecule has 0 aliphatic heterocycles. The summed E-state index contributed by atoms with van der Waals surface area (Å²) in [4.78, 5) is 38.4. The molecular weight excluding hydrogens is 997 g/mol. The molecule has 0 radical (unpaired) electrons. The predicted octanol–water partition coefficient (Wildman–Crippen LogP) is 23.3.